The zero-order valence-electron chi connectivity index (χ0n) is 12.1. The predicted molar refractivity (Wildman–Crippen MR) is 79.9 cm³/mol. The third-order valence-corrected chi connectivity index (χ3v) is 4.50. The molecule has 0 aromatic carbocycles. The van der Waals surface area contributed by atoms with Gasteiger partial charge in [0.05, 0.1) is 17.8 Å². The van der Waals surface area contributed by atoms with Crippen LogP contribution >= 0.6 is 11.6 Å². The molecule has 1 unspecified atom stereocenters. The van der Waals surface area contributed by atoms with E-state index in [2.05, 4.69) is 10.4 Å². The first kappa shape index (κ1) is 14.8. The Kier molecular flexibility index (Phi) is 4.19. The standard InChI is InChI=1S/C14H20ClN3O3/c1-20-14(4-5-21-9-14)8-16-12-11(15)6-17-18(13(12)19)7-10-2-3-10/h6,10,16H,2-5,7-9H2,1H3. The van der Waals surface area contributed by atoms with E-state index in [0.717, 1.165) is 6.42 Å². The van der Waals surface area contributed by atoms with Crippen LogP contribution in [0.5, 0.6) is 0 Å². The molecule has 1 saturated heterocycles. The van der Waals surface area contributed by atoms with Gasteiger partial charge in [-0.15, -0.1) is 0 Å². The summed E-state index contributed by atoms with van der Waals surface area (Å²) in [5, 5.41) is 7.60. The van der Waals surface area contributed by atoms with Crippen molar-refractivity contribution >= 4 is 17.3 Å². The zero-order valence-corrected chi connectivity index (χ0v) is 12.9. The van der Waals surface area contributed by atoms with E-state index in [9.17, 15) is 4.79 Å². The van der Waals surface area contributed by atoms with Gasteiger partial charge in [0.15, 0.2) is 0 Å². The van der Waals surface area contributed by atoms with Crippen LogP contribution in [0.1, 0.15) is 19.3 Å². The van der Waals surface area contributed by atoms with Gasteiger partial charge in [0.1, 0.15) is 11.3 Å². The largest absolute Gasteiger partial charge is 0.378 e. The first-order chi connectivity index (χ1) is 10.1. The number of halogens is 1. The Hall–Kier alpha value is -1.11. The van der Waals surface area contributed by atoms with Crippen LogP contribution in [0.25, 0.3) is 0 Å². The van der Waals surface area contributed by atoms with Gasteiger partial charge in [-0.1, -0.05) is 11.6 Å². The lowest BCUT2D eigenvalue weighted by atomic mass is 10.0. The molecule has 1 aliphatic carbocycles. The summed E-state index contributed by atoms with van der Waals surface area (Å²) in [5.41, 5.74) is -0.157. The highest BCUT2D eigenvalue weighted by Crippen LogP contribution is 2.30. The van der Waals surface area contributed by atoms with Crippen molar-refractivity contribution in [1.82, 2.24) is 9.78 Å². The summed E-state index contributed by atoms with van der Waals surface area (Å²) in [6, 6.07) is 0. The third-order valence-electron chi connectivity index (χ3n) is 4.21. The maximum atomic E-state index is 12.4. The lowest BCUT2D eigenvalue weighted by molar-refractivity contribution is -0.00622. The van der Waals surface area contributed by atoms with Gasteiger partial charge in [-0.3, -0.25) is 4.79 Å². The van der Waals surface area contributed by atoms with Crippen LogP contribution in [0, 0.1) is 5.92 Å². The number of aromatic nitrogens is 2. The van der Waals surface area contributed by atoms with Gasteiger partial charge in [-0.05, 0) is 18.8 Å². The molecule has 6 nitrogen and oxygen atoms in total. The molecule has 2 heterocycles. The fourth-order valence-corrected chi connectivity index (χ4v) is 2.71. The zero-order chi connectivity index (χ0) is 14.9. The Morgan fingerprint density at radius 3 is 3.05 bits per heavy atom. The Morgan fingerprint density at radius 1 is 1.62 bits per heavy atom. The first-order valence-corrected chi connectivity index (χ1v) is 7.64. The molecular formula is C14H20ClN3O3. The Balaban J connectivity index is 1.76. The first-order valence-electron chi connectivity index (χ1n) is 7.26. The predicted octanol–water partition coefficient (Wildman–Crippen LogP) is 1.52. The maximum absolute atomic E-state index is 12.4. The molecule has 0 bridgehead atoms. The van der Waals surface area contributed by atoms with Gasteiger partial charge in [-0.25, -0.2) is 4.68 Å². The highest BCUT2D eigenvalue weighted by atomic mass is 35.5. The van der Waals surface area contributed by atoms with Gasteiger partial charge in [-0.2, -0.15) is 5.10 Å². The van der Waals surface area contributed by atoms with Gasteiger partial charge < -0.3 is 14.8 Å². The van der Waals surface area contributed by atoms with Crippen LogP contribution in [0.4, 0.5) is 5.69 Å². The van der Waals surface area contributed by atoms with E-state index >= 15 is 0 Å². The summed E-state index contributed by atoms with van der Waals surface area (Å²) in [6.07, 6.45) is 4.67. The number of rotatable bonds is 6. The van der Waals surface area contributed by atoms with Crippen LogP contribution in [0.3, 0.4) is 0 Å². The number of methoxy groups -OCH3 is 1. The van der Waals surface area contributed by atoms with Crippen molar-refractivity contribution in [2.45, 2.75) is 31.4 Å². The molecule has 1 N–H and O–H groups in total. The quantitative estimate of drug-likeness (QED) is 0.862. The van der Waals surface area contributed by atoms with Crippen molar-refractivity contribution in [1.29, 1.82) is 0 Å². The fourth-order valence-electron chi connectivity index (χ4n) is 2.51. The third kappa shape index (κ3) is 3.22. The molecule has 116 valence electrons. The Labute approximate surface area is 128 Å². The summed E-state index contributed by atoms with van der Waals surface area (Å²) in [4.78, 5) is 12.4. The minimum Gasteiger partial charge on any atom is -0.378 e. The lowest BCUT2D eigenvalue weighted by Gasteiger charge is -2.26. The van der Waals surface area contributed by atoms with Crippen molar-refractivity contribution in [3.05, 3.63) is 21.6 Å². The van der Waals surface area contributed by atoms with Crippen molar-refractivity contribution in [3.8, 4) is 0 Å². The minimum atomic E-state index is -0.389. The van der Waals surface area contributed by atoms with Crippen molar-refractivity contribution in [3.63, 3.8) is 0 Å². The lowest BCUT2D eigenvalue weighted by Crippen LogP contribution is -2.41. The van der Waals surface area contributed by atoms with Gasteiger partial charge >= 0.3 is 0 Å². The number of hydrogen-bond acceptors (Lipinski definition) is 5. The molecule has 0 radical (unpaired) electrons. The fraction of sp³-hybridized carbons (Fsp3) is 0.714. The SMILES string of the molecule is COC1(CNc2c(Cl)cnn(CC3CC3)c2=O)CCOC1. The number of nitrogens with zero attached hydrogens (tertiary/aromatic N) is 2. The van der Waals surface area contributed by atoms with Crippen LogP contribution in [-0.2, 0) is 16.0 Å². The molecular weight excluding hydrogens is 294 g/mol. The van der Waals surface area contributed by atoms with E-state index in [-0.39, 0.29) is 11.2 Å². The molecule has 2 aliphatic rings. The van der Waals surface area contributed by atoms with E-state index in [0.29, 0.717) is 42.9 Å². The average Bonchev–Trinajstić information content (AvgIpc) is 3.18. The molecule has 0 amide bonds. The van der Waals surface area contributed by atoms with Crippen LogP contribution in [0.2, 0.25) is 5.02 Å². The summed E-state index contributed by atoms with van der Waals surface area (Å²) < 4.78 is 12.4. The number of anilines is 1. The molecule has 1 aromatic heterocycles. The molecule has 1 atom stereocenters. The Bertz CT molecular complexity index is 565. The maximum Gasteiger partial charge on any atom is 0.291 e. The van der Waals surface area contributed by atoms with Crippen LogP contribution in [0.15, 0.2) is 11.0 Å². The number of ether oxygens (including phenoxy) is 2. The highest BCUT2D eigenvalue weighted by molar-refractivity contribution is 6.33. The molecule has 1 aliphatic heterocycles. The second-order valence-corrected chi connectivity index (χ2v) is 6.25. The molecule has 0 spiro atoms. The van der Waals surface area contributed by atoms with Crippen LogP contribution < -0.4 is 10.9 Å². The summed E-state index contributed by atoms with van der Waals surface area (Å²) in [7, 11) is 1.66. The van der Waals surface area contributed by atoms with Gasteiger partial charge in [0.2, 0.25) is 0 Å². The van der Waals surface area contributed by atoms with Crippen molar-refractivity contribution < 1.29 is 9.47 Å². The molecule has 7 heteroatoms. The molecule has 3 rings (SSSR count). The summed E-state index contributed by atoms with van der Waals surface area (Å²) >= 11 is 6.12. The molecule has 21 heavy (non-hydrogen) atoms. The highest BCUT2D eigenvalue weighted by Gasteiger charge is 2.35. The molecule has 2 fully saturated rings. The normalized spacial score (nSPS) is 25.2. The van der Waals surface area contributed by atoms with Gasteiger partial charge in [0.25, 0.3) is 5.56 Å². The van der Waals surface area contributed by atoms with E-state index < -0.39 is 0 Å². The van der Waals surface area contributed by atoms with Gasteiger partial charge in [0, 0.05) is 33.2 Å². The van der Waals surface area contributed by atoms with Crippen molar-refractivity contribution in [2.75, 3.05) is 32.2 Å². The minimum absolute atomic E-state index is 0.167. The van der Waals surface area contributed by atoms with E-state index in [1.165, 1.54) is 23.7 Å². The summed E-state index contributed by atoms with van der Waals surface area (Å²) in [6.45, 7) is 2.36. The number of nitrogens with one attached hydrogen (secondary N) is 1. The van der Waals surface area contributed by atoms with Crippen LogP contribution in [-0.4, -0.2) is 42.2 Å². The van der Waals surface area contributed by atoms with E-state index in [1.807, 2.05) is 0 Å². The van der Waals surface area contributed by atoms with E-state index in [1.54, 1.807) is 7.11 Å². The van der Waals surface area contributed by atoms with E-state index in [4.69, 9.17) is 21.1 Å². The molecule has 1 saturated carbocycles. The second-order valence-electron chi connectivity index (χ2n) is 5.84. The summed E-state index contributed by atoms with van der Waals surface area (Å²) in [5.74, 6) is 0.581. The monoisotopic (exact) mass is 313 g/mol. The average molecular weight is 314 g/mol. The number of hydrogen-bond donors (Lipinski definition) is 1. The Morgan fingerprint density at radius 2 is 2.43 bits per heavy atom. The van der Waals surface area contributed by atoms with Crippen molar-refractivity contribution in [2.24, 2.45) is 5.92 Å². The topological polar surface area (TPSA) is 65.4 Å². The molecule has 1 aromatic rings. The second kappa shape index (κ2) is 5.94. The smallest absolute Gasteiger partial charge is 0.291 e.